The van der Waals surface area contributed by atoms with Crippen molar-refractivity contribution in [3.8, 4) is 5.69 Å². The molecule has 0 saturated carbocycles. The molecule has 0 spiro atoms. The molecular weight excluding hydrogens is 437 g/mol. The molecule has 5 rings (SSSR count). The Kier molecular flexibility index (Phi) is 6.42. The van der Waals surface area contributed by atoms with Crippen molar-refractivity contribution in [2.45, 2.75) is 46.5 Å². The number of nitrogens with zero attached hydrogens (tertiary/aromatic N) is 3. The van der Waals surface area contributed by atoms with Crippen LogP contribution in [-0.2, 0) is 12.8 Å². The number of aromatic nitrogens is 2. The van der Waals surface area contributed by atoms with Gasteiger partial charge in [0, 0.05) is 30.4 Å². The Morgan fingerprint density at radius 2 is 1.74 bits per heavy atom. The molecule has 0 bridgehead atoms. The van der Waals surface area contributed by atoms with Gasteiger partial charge in [-0.3, -0.25) is 9.36 Å². The predicted octanol–water partition coefficient (Wildman–Crippen LogP) is 6.16. The minimum atomic E-state index is -0.292. The molecule has 0 N–H and O–H groups in total. The maximum atomic E-state index is 15.3. The quantitative estimate of drug-likeness (QED) is 0.351. The summed E-state index contributed by atoms with van der Waals surface area (Å²) in [5.41, 5.74) is 3.85. The number of fused-ring (bicyclic) bond motifs is 1. The minimum absolute atomic E-state index is 0.112. The number of hydrogen-bond acceptors (Lipinski definition) is 3. The summed E-state index contributed by atoms with van der Waals surface area (Å²) in [6.07, 6.45) is 3.72. The van der Waals surface area contributed by atoms with Crippen LogP contribution < -0.4 is 10.5 Å². The number of hydrogen-bond donors (Lipinski definition) is 0. The average molecular weight is 470 g/mol. The van der Waals surface area contributed by atoms with Crippen LogP contribution in [0.3, 0.4) is 0 Å². The molecule has 1 fully saturated rings. The van der Waals surface area contributed by atoms with Gasteiger partial charge in [-0.2, -0.15) is 0 Å². The Hall–Kier alpha value is -3.47. The van der Waals surface area contributed by atoms with E-state index < -0.39 is 0 Å². The van der Waals surface area contributed by atoms with Crippen LogP contribution in [0.5, 0.6) is 0 Å². The number of anilines is 1. The molecule has 0 atom stereocenters. The normalized spacial score (nSPS) is 14.6. The Balaban J connectivity index is 1.32. The summed E-state index contributed by atoms with van der Waals surface area (Å²) in [7, 11) is 0. The van der Waals surface area contributed by atoms with Crippen molar-refractivity contribution in [1.82, 2.24) is 9.55 Å². The van der Waals surface area contributed by atoms with E-state index in [-0.39, 0.29) is 11.4 Å². The SMILES string of the molecule is CCc1c(C)nc(C)n(-c2ccc(N3CCC(Cc4cccc5ccccc45)CC3)c(F)c2)c1=O. The zero-order valence-corrected chi connectivity index (χ0v) is 20.7. The van der Waals surface area contributed by atoms with Gasteiger partial charge in [0.15, 0.2) is 0 Å². The second-order valence-electron chi connectivity index (χ2n) is 9.63. The Bertz CT molecular complexity index is 1430. The molecule has 35 heavy (non-hydrogen) atoms. The van der Waals surface area contributed by atoms with Crippen LogP contribution in [-0.4, -0.2) is 22.6 Å². The maximum absolute atomic E-state index is 15.3. The molecule has 180 valence electrons. The summed E-state index contributed by atoms with van der Waals surface area (Å²) in [4.78, 5) is 19.7. The number of piperidine rings is 1. The molecule has 0 aliphatic carbocycles. The van der Waals surface area contributed by atoms with Crippen LogP contribution in [0.4, 0.5) is 10.1 Å². The lowest BCUT2D eigenvalue weighted by Crippen LogP contribution is -2.35. The van der Waals surface area contributed by atoms with Gasteiger partial charge in [-0.15, -0.1) is 0 Å². The summed E-state index contributed by atoms with van der Waals surface area (Å²) < 4.78 is 16.8. The van der Waals surface area contributed by atoms with Crippen molar-refractivity contribution in [2.24, 2.45) is 5.92 Å². The van der Waals surface area contributed by atoms with Crippen molar-refractivity contribution < 1.29 is 4.39 Å². The standard InChI is InChI=1S/C30H32FN3O/c1-4-26-20(2)32-21(3)34(30(26)35)25-12-13-29(28(31)19-25)33-16-14-22(15-17-33)18-24-10-7-9-23-8-5-6-11-27(23)24/h5-13,19,22H,4,14-18H2,1-3H3. The van der Waals surface area contributed by atoms with E-state index in [1.54, 1.807) is 6.92 Å². The summed E-state index contributed by atoms with van der Waals surface area (Å²) in [6, 6.07) is 20.2. The van der Waals surface area contributed by atoms with Crippen molar-refractivity contribution >= 4 is 16.5 Å². The molecule has 5 heteroatoms. The highest BCUT2D eigenvalue weighted by Crippen LogP contribution is 2.30. The first-order chi connectivity index (χ1) is 17.0. The molecule has 4 nitrogen and oxygen atoms in total. The highest BCUT2D eigenvalue weighted by molar-refractivity contribution is 5.85. The van der Waals surface area contributed by atoms with Gasteiger partial charge >= 0.3 is 0 Å². The van der Waals surface area contributed by atoms with Gasteiger partial charge in [0.1, 0.15) is 11.6 Å². The summed E-state index contributed by atoms with van der Waals surface area (Å²) in [5.74, 6) is 0.873. The maximum Gasteiger partial charge on any atom is 0.261 e. The molecule has 1 aromatic heterocycles. The fourth-order valence-electron chi connectivity index (χ4n) is 5.56. The summed E-state index contributed by atoms with van der Waals surface area (Å²) >= 11 is 0. The Labute approximate surface area is 206 Å². The van der Waals surface area contributed by atoms with E-state index in [0.717, 1.165) is 38.0 Å². The van der Waals surface area contributed by atoms with Crippen LogP contribution in [0.2, 0.25) is 0 Å². The fraction of sp³-hybridized carbons (Fsp3) is 0.333. The van der Waals surface area contributed by atoms with Gasteiger partial charge in [-0.25, -0.2) is 9.37 Å². The molecule has 4 aromatic rings. The monoisotopic (exact) mass is 469 g/mol. The Morgan fingerprint density at radius 1 is 1.00 bits per heavy atom. The van der Waals surface area contributed by atoms with Crippen LogP contribution >= 0.6 is 0 Å². The largest absolute Gasteiger partial charge is 0.369 e. The lowest BCUT2D eigenvalue weighted by atomic mass is 9.88. The highest BCUT2D eigenvalue weighted by atomic mass is 19.1. The lowest BCUT2D eigenvalue weighted by Gasteiger charge is -2.34. The second kappa shape index (κ2) is 9.65. The molecule has 3 aromatic carbocycles. The van der Waals surface area contributed by atoms with Gasteiger partial charge in [0.2, 0.25) is 0 Å². The van der Waals surface area contributed by atoms with E-state index in [9.17, 15) is 4.79 Å². The third-order valence-electron chi connectivity index (χ3n) is 7.44. The Morgan fingerprint density at radius 3 is 2.49 bits per heavy atom. The third-order valence-corrected chi connectivity index (χ3v) is 7.44. The molecule has 1 aliphatic heterocycles. The van der Waals surface area contributed by atoms with Crippen LogP contribution in [0.25, 0.3) is 16.5 Å². The van der Waals surface area contributed by atoms with Gasteiger partial charge in [-0.05, 0) is 73.9 Å². The molecule has 0 amide bonds. The van der Waals surface area contributed by atoms with Gasteiger partial charge < -0.3 is 4.90 Å². The lowest BCUT2D eigenvalue weighted by molar-refractivity contribution is 0.402. The zero-order chi connectivity index (χ0) is 24.5. The van der Waals surface area contributed by atoms with Crippen molar-refractivity contribution in [2.75, 3.05) is 18.0 Å². The second-order valence-corrected chi connectivity index (χ2v) is 9.63. The molecule has 0 unspecified atom stereocenters. The molecule has 1 saturated heterocycles. The van der Waals surface area contributed by atoms with Crippen molar-refractivity contribution in [3.05, 3.63) is 99.5 Å². The first-order valence-corrected chi connectivity index (χ1v) is 12.6. The first kappa shape index (κ1) is 23.3. The topological polar surface area (TPSA) is 38.1 Å². The van der Waals surface area contributed by atoms with Crippen molar-refractivity contribution in [1.29, 1.82) is 0 Å². The fourth-order valence-corrected chi connectivity index (χ4v) is 5.56. The number of aryl methyl sites for hydroxylation is 2. The predicted molar refractivity (Wildman–Crippen MR) is 141 cm³/mol. The number of benzene rings is 3. The zero-order valence-electron chi connectivity index (χ0n) is 20.7. The number of rotatable bonds is 5. The van der Waals surface area contributed by atoms with E-state index >= 15 is 4.39 Å². The third kappa shape index (κ3) is 4.47. The average Bonchev–Trinajstić information content (AvgIpc) is 2.85. The van der Waals surface area contributed by atoms with Crippen LogP contribution in [0.1, 0.15) is 42.4 Å². The minimum Gasteiger partial charge on any atom is -0.369 e. The van der Waals surface area contributed by atoms with E-state index in [4.69, 9.17) is 0 Å². The van der Waals surface area contributed by atoms with Crippen molar-refractivity contribution in [3.63, 3.8) is 0 Å². The van der Waals surface area contributed by atoms with Gasteiger partial charge in [0.25, 0.3) is 5.56 Å². The molecular formula is C30H32FN3O. The number of halogens is 1. The van der Waals surface area contributed by atoms with E-state index in [2.05, 4.69) is 52.3 Å². The first-order valence-electron chi connectivity index (χ1n) is 12.6. The highest BCUT2D eigenvalue weighted by Gasteiger charge is 2.23. The van der Waals surface area contributed by atoms with E-state index in [1.165, 1.54) is 27.0 Å². The molecule has 2 heterocycles. The van der Waals surface area contributed by atoms with Gasteiger partial charge in [-0.1, -0.05) is 49.4 Å². The summed E-state index contributed by atoms with van der Waals surface area (Å²) in [5, 5.41) is 2.62. The van der Waals surface area contributed by atoms with Gasteiger partial charge in [0.05, 0.1) is 11.4 Å². The summed E-state index contributed by atoms with van der Waals surface area (Å²) in [6.45, 7) is 7.25. The molecule has 0 radical (unpaired) electrons. The van der Waals surface area contributed by atoms with Crippen LogP contribution in [0, 0.1) is 25.6 Å². The van der Waals surface area contributed by atoms with E-state index in [1.807, 2.05) is 26.0 Å². The van der Waals surface area contributed by atoms with Crippen LogP contribution in [0.15, 0.2) is 65.5 Å². The van der Waals surface area contributed by atoms with E-state index in [0.29, 0.717) is 35.1 Å². The molecule has 1 aliphatic rings. The smallest absolute Gasteiger partial charge is 0.261 e.